The minimum Gasteiger partial charge on any atom is -0.465 e. The normalized spacial score (nSPS) is 11.0. The number of carbonyl (C=O) groups is 1. The number of hydrogen-bond acceptors (Lipinski definition) is 4. The lowest BCUT2D eigenvalue weighted by Crippen LogP contribution is -2.23. The van der Waals surface area contributed by atoms with Gasteiger partial charge in [0, 0.05) is 6.54 Å². The lowest BCUT2D eigenvalue weighted by Gasteiger charge is -2.10. The summed E-state index contributed by atoms with van der Waals surface area (Å²) in [5.74, 6) is -0.436. The fourth-order valence-electron chi connectivity index (χ4n) is 1.92. The van der Waals surface area contributed by atoms with E-state index in [-0.39, 0.29) is 11.4 Å². The molecule has 0 aliphatic carbocycles. The number of ether oxygens (including phenoxy) is 1. The minimum absolute atomic E-state index is 0.0179. The van der Waals surface area contributed by atoms with E-state index in [0.29, 0.717) is 11.1 Å². The number of methoxy groups -OCH3 is 1. The van der Waals surface area contributed by atoms with Crippen LogP contribution in [0.2, 0.25) is 0 Å². The minimum atomic E-state index is -3.68. The number of hydrogen-bond donors (Lipinski definition) is 1. The SMILES string of the molecule is C=C(c1ccccc1)S(=O)(=O)NCc1ccc(C(=O)OC)cc1. The largest absolute Gasteiger partial charge is 0.465 e. The Balaban J connectivity index is 2.05. The first-order chi connectivity index (χ1) is 10.9. The molecule has 0 saturated carbocycles. The first-order valence-corrected chi connectivity index (χ1v) is 8.33. The quantitative estimate of drug-likeness (QED) is 0.826. The van der Waals surface area contributed by atoms with Crippen LogP contribution in [0.1, 0.15) is 21.5 Å². The van der Waals surface area contributed by atoms with Gasteiger partial charge >= 0.3 is 5.97 Å². The van der Waals surface area contributed by atoms with Crippen molar-refractivity contribution in [3.05, 3.63) is 77.9 Å². The molecule has 0 aliphatic heterocycles. The number of esters is 1. The lowest BCUT2D eigenvalue weighted by molar-refractivity contribution is 0.0600. The van der Waals surface area contributed by atoms with Crippen molar-refractivity contribution in [3.8, 4) is 0 Å². The Morgan fingerprint density at radius 2 is 1.65 bits per heavy atom. The van der Waals surface area contributed by atoms with Crippen LogP contribution in [0.4, 0.5) is 0 Å². The molecule has 0 atom stereocenters. The molecule has 120 valence electrons. The standard InChI is InChI=1S/C17H17NO4S/c1-13(15-6-4-3-5-7-15)23(20,21)18-12-14-8-10-16(11-9-14)17(19)22-2/h3-11,18H,1,12H2,2H3. The van der Waals surface area contributed by atoms with Gasteiger partial charge in [-0.15, -0.1) is 0 Å². The molecule has 0 spiro atoms. The van der Waals surface area contributed by atoms with Crippen LogP contribution >= 0.6 is 0 Å². The second-order valence-electron chi connectivity index (χ2n) is 4.80. The molecular weight excluding hydrogens is 314 g/mol. The van der Waals surface area contributed by atoms with Gasteiger partial charge < -0.3 is 4.74 Å². The molecule has 5 nitrogen and oxygen atoms in total. The zero-order valence-electron chi connectivity index (χ0n) is 12.7. The Bertz CT molecular complexity index is 796. The highest BCUT2D eigenvalue weighted by Gasteiger charge is 2.16. The summed E-state index contributed by atoms with van der Waals surface area (Å²) in [4.78, 5) is 11.4. The molecular formula is C17H17NO4S. The molecule has 6 heteroatoms. The molecule has 0 unspecified atom stereocenters. The summed E-state index contributed by atoms with van der Waals surface area (Å²) < 4.78 is 31.6. The third-order valence-electron chi connectivity index (χ3n) is 3.26. The topological polar surface area (TPSA) is 72.5 Å². The smallest absolute Gasteiger partial charge is 0.337 e. The van der Waals surface area contributed by atoms with Gasteiger partial charge in [-0.3, -0.25) is 0 Å². The van der Waals surface area contributed by atoms with Gasteiger partial charge in [0.1, 0.15) is 0 Å². The summed E-state index contributed by atoms with van der Waals surface area (Å²) >= 11 is 0. The van der Waals surface area contributed by atoms with E-state index in [1.807, 2.05) is 0 Å². The summed E-state index contributed by atoms with van der Waals surface area (Å²) in [5.41, 5.74) is 1.68. The van der Waals surface area contributed by atoms with E-state index in [1.165, 1.54) is 7.11 Å². The molecule has 2 aromatic carbocycles. The van der Waals surface area contributed by atoms with Crippen LogP contribution in [-0.4, -0.2) is 21.5 Å². The average Bonchev–Trinajstić information content (AvgIpc) is 2.60. The van der Waals surface area contributed by atoms with E-state index in [0.717, 1.165) is 5.56 Å². The predicted octanol–water partition coefficient (Wildman–Crippen LogP) is 2.56. The Hall–Kier alpha value is -2.44. The molecule has 2 aromatic rings. The van der Waals surface area contributed by atoms with E-state index in [2.05, 4.69) is 16.0 Å². The maximum Gasteiger partial charge on any atom is 0.337 e. The van der Waals surface area contributed by atoms with E-state index in [9.17, 15) is 13.2 Å². The molecule has 1 N–H and O–H groups in total. The third-order valence-corrected chi connectivity index (χ3v) is 4.67. The van der Waals surface area contributed by atoms with Crippen molar-refractivity contribution >= 4 is 20.9 Å². The van der Waals surface area contributed by atoms with Crippen molar-refractivity contribution in [2.75, 3.05) is 7.11 Å². The first kappa shape index (κ1) is 16.9. The molecule has 0 bridgehead atoms. The van der Waals surface area contributed by atoms with Crippen molar-refractivity contribution in [2.45, 2.75) is 6.54 Å². The van der Waals surface area contributed by atoms with Gasteiger partial charge in [-0.05, 0) is 23.3 Å². The fraction of sp³-hybridized carbons (Fsp3) is 0.118. The van der Waals surface area contributed by atoms with Gasteiger partial charge in [-0.2, -0.15) is 0 Å². The third kappa shape index (κ3) is 4.28. The first-order valence-electron chi connectivity index (χ1n) is 6.85. The van der Waals surface area contributed by atoms with Crippen LogP contribution in [0.15, 0.2) is 61.2 Å². The van der Waals surface area contributed by atoms with Gasteiger partial charge in [-0.1, -0.05) is 49.0 Å². The number of carbonyl (C=O) groups excluding carboxylic acids is 1. The van der Waals surface area contributed by atoms with Crippen molar-refractivity contribution in [1.29, 1.82) is 0 Å². The molecule has 0 aliphatic rings. The van der Waals surface area contributed by atoms with Crippen molar-refractivity contribution < 1.29 is 17.9 Å². The molecule has 0 amide bonds. The molecule has 0 saturated heterocycles. The monoisotopic (exact) mass is 331 g/mol. The maximum atomic E-state index is 12.2. The Kier molecular flexibility index (Phi) is 5.31. The van der Waals surface area contributed by atoms with Crippen LogP contribution in [0.5, 0.6) is 0 Å². The van der Waals surface area contributed by atoms with Gasteiger partial charge in [-0.25, -0.2) is 17.9 Å². The second-order valence-corrected chi connectivity index (χ2v) is 6.59. The summed E-state index contributed by atoms with van der Waals surface area (Å²) in [6.07, 6.45) is 0. The Morgan fingerprint density at radius 3 is 2.22 bits per heavy atom. The molecule has 0 fully saturated rings. The van der Waals surface area contributed by atoms with E-state index < -0.39 is 16.0 Å². The van der Waals surface area contributed by atoms with Crippen LogP contribution in [-0.2, 0) is 21.3 Å². The molecule has 0 aromatic heterocycles. The molecule has 2 rings (SSSR count). The highest BCUT2D eigenvalue weighted by molar-refractivity contribution is 7.98. The van der Waals surface area contributed by atoms with E-state index in [1.54, 1.807) is 54.6 Å². The van der Waals surface area contributed by atoms with Crippen molar-refractivity contribution in [2.24, 2.45) is 0 Å². The molecule has 23 heavy (non-hydrogen) atoms. The van der Waals surface area contributed by atoms with Gasteiger partial charge in [0.2, 0.25) is 10.0 Å². The number of nitrogens with one attached hydrogen (secondary N) is 1. The summed E-state index contributed by atoms with van der Waals surface area (Å²) in [6.45, 7) is 3.75. The lowest BCUT2D eigenvalue weighted by atomic mass is 10.1. The highest BCUT2D eigenvalue weighted by Crippen LogP contribution is 2.17. The number of sulfonamides is 1. The summed E-state index contributed by atoms with van der Waals surface area (Å²) in [5, 5.41) is 0. The summed E-state index contributed by atoms with van der Waals surface area (Å²) in [7, 11) is -2.37. The van der Waals surface area contributed by atoms with Crippen LogP contribution in [0, 0.1) is 0 Å². The van der Waals surface area contributed by atoms with Crippen LogP contribution in [0.25, 0.3) is 4.91 Å². The van der Waals surface area contributed by atoms with Crippen LogP contribution in [0.3, 0.4) is 0 Å². The number of rotatable bonds is 6. The second kappa shape index (κ2) is 7.21. The summed E-state index contributed by atoms with van der Waals surface area (Å²) in [6, 6.07) is 15.2. The predicted molar refractivity (Wildman–Crippen MR) is 89.0 cm³/mol. The maximum absolute atomic E-state index is 12.2. The average molecular weight is 331 g/mol. The van der Waals surface area contributed by atoms with Gasteiger partial charge in [0.15, 0.2) is 0 Å². The zero-order valence-corrected chi connectivity index (χ0v) is 13.5. The van der Waals surface area contributed by atoms with Crippen LogP contribution < -0.4 is 4.72 Å². The Morgan fingerprint density at radius 1 is 1.04 bits per heavy atom. The van der Waals surface area contributed by atoms with Gasteiger partial charge in [0.25, 0.3) is 0 Å². The number of benzene rings is 2. The van der Waals surface area contributed by atoms with E-state index in [4.69, 9.17) is 0 Å². The molecule has 0 heterocycles. The highest BCUT2D eigenvalue weighted by atomic mass is 32.2. The van der Waals surface area contributed by atoms with Crippen molar-refractivity contribution in [1.82, 2.24) is 4.72 Å². The fourth-order valence-corrected chi connectivity index (χ4v) is 2.90. The Labute approximate surface area is 135 Å². The van der Waals surface area contributed by atoms with Crippen molar-refractivity contribution in [3.63, 3.8) is 0 Å². The zero-order chi connectivity index (χ0) is 16.9. The van der Waals surface area contributed by atoms with Gasteiger partial charge in [0.05, 0.1) is 17.6 Å². The van der Waals surface area contributed by atoms with E-state index >= 15 is 0 Å². The molecule has 0 radical (unpaired) electrons.